The van der Waals surface area contributed by atoms with Crippen LogP contribution in [0.15, 0.2) is 52.1 Å². The van der Waals surface area contributed by atoms with Gasteiger partial charge in [-0.2, -0.15) is 13.2 Å². The van der Waals surface area contributed by atoms with Crippen LogP contribution in [0.2, 0.25) is 0 Å². The van der Waals surface area contributed by atoms with Gasteiger partial charge < -0.3 is 20.1 Å². The van der Waals surface area contributed by atoms with Gasteiger partial charge in [-0.25, -0.2) is 9.18 Å². The third kappa shape index (κ3) is 4.27. The number of hydrogen-bond donors (Lipinski definition) is 3. The van der Waals surface area contributed by atoms with Crippen molar-refractivity contribution in [1.82, 2.24) is 14.9 Å². The largest absolute Gasteiger partial charge is 0.493 e. The number of amides is 2. The van der Waals surface area contributed by atoms with Gasteiger partial charge in [-0.15, -0.1) is 0 Å². The Labute approximate surface area is 211 Å². The summed E-state index contributed by atoms with van der Waals surface area (Å²) in [5, 5.41) is 3.43. The molecule has 0 bridgehead atoms. The predicted molar refractivity (Wildman–Crippen MR) is 125 cm³/mol. The number of carbonyl (C=O) groups excluding carboxylic acids is 2. The van der Waals surface area contributed by atoms with Crippen LogP contribution < -0.4 is 31.4 Å². The van der Waals surface area contributed by atoms with Gasteiger partial charge in [0.15, 0.2) is 11.5 Å². The summed E-state index contributed by atoms with van der Waals surface area (Å²) >= 11 is 0. The maximum Gasteiger partial charge on any atom is 0.425 e. The summed E-state index contributed by atoms with van der Waals surface area (Å²) in [6, 6.07) is 8.98. The lowest BCUT2D eigenvalue weighted by molar-refractivity contribution is -0.196. The van der Waals surface area contributed by atoms with Crippen molar-refractivity contribution in [1.29, 1.82) is 0 Å². The van der Waals surface area contributed by atoms with Gasteiger partial charge in [0, 0.05) is 6.54 Å². The second-order valence-electron chi connectivity index (χ2n) is 8.21. The zero-order chi connectivity index (χ0) is 27.8. The van der Waals surface area contributed by atoms with Gasteiger partial charge >= 0.3 is 11.9 Å². The number of fused-ring (bicyclic) bond motifs is 1. The maximum absolute atomic E-state index is 14.5. The molecule has 10 nitrogen and oxygen atoms in total. The quantitative estimate of drug-likeness (QED) is 0.397. The van der Waals surface area contributed by atoms with Crippen molar-refractivity contribution in [3.63, 3.8) is 0 Å². The van der Waals surface area contributed by atoms with Crippen molar-refractivity contribution in [2.24, 2.45) is 0 Å². The average Bonchev–Trinajstić information content (AvgIpc) is 3.16. The SMILES string of the molecule is COc1ccc(CCn2c3c(c(=O)[nH]c2=O)[C@@](NC(=O)c2ccccc2F)(C(F)(F)F)C(=O)N3)cc1OC. The number of anilines is 1. The molecule has 0 radical (unpaired) electrons. The first kappa shape index (κ1) is 26.4. The summed E-state index contributed by atoms with van der Waals surface area (Å²) in [5.41, 5.74) is -7.96. The molecule has 0 saturated carbocycles. The molecule has 3 N–H and O–H groups in total. The number of aryl methyl sites for hydroxylation is 1. The summed E-state index contributed by atoms with van der Waals surface area (Å²) in [7, 11) is 2.84. The Morgan fingerprint density at radius 2 is 1.74 bits per heavy atom. The summed E-state index contributed by atoms with van der Waals surface area (Å²) < 4.78 is 68.7. The van der Waals surface area contributed by atoms with Gasteiger partial charge in [0.1, 0.15) is 17.2 Å². The number of alkyl halides is 3. The molecule has 4 rings (SSSR count). The number of nitrogens with zero attached hydrogens (tertiary/aromatic N) is 1. The normalized spacial score (nSPS) is 16.5. The number of carbonyl (C=O) groups is 2. The van der Waals surface area contributed by atoms with E-state index in [0.717, 1.165) is 16.7 Å². The van der Waals surface area contributed by atoms with Gasteiger partial charge in [0.25, 0.3) is 22.9 Å². The highest BCUT2D eigenvalue weighted by Crippen LogP contribution is 2.45. The number of halogens is 4. The molecule has 14 heteroatoms. The number of ether oxygens (including phenoxy) is 2. The number of H-pyrrole nitrogens is 1. The Kier molecular flexibility index (Phi) is 6.74. The molecular weight excluding hydrogens is 516 g/mol. The Bertz CT molecular complexity index is 1550. The fourth-order valence-corrected chi connectivity index (χ4v) is 4.20. The summed E-state index contributed by atoms with van der Waals surface area (Å²) in [6.07, 6.45) is -5.49. The molecule has 1 aromatic heterocycles. The van der Waals surface area contributed by atoms with Crippen molar-refractivity contribution in [2.45, 2.75) is 24.7 Å². The maximum atomic E-state index is 14.5. The number of methoxy groups -OCH3 is 2. The third-order valence-corrected chi connectivity index (χ3v) is 6.06. The molecule has 2 aromatic carbocycles. The van der Waals surface area contributed by atoms with E-state index in [2.05, 4.69) is 0 Å². The lowest BCUT2D eigenvalue weighted by Crippen LogP contribution is -2.62. The Hall–Kier alpha value is -4.62. The number of benzene rings is 2. The van der Waals surface area contributed by atoms with Gasteiger partial charge in [-0.1, -0.05) is 18.2 Å². The monoisotopic (exact) mass is 536 g/mol. The van der Waals surface area contributed by atoms with E-state index in [4.69, 9.17) is 9.47 Å². The van der Waals surface area contributed by atoms with Crippen LogP contribution in [0.3, 0.4) is 0 Å². The van der Waals surface area contributed by atoms with Crippen LogP contribution in [0.5, 0.6) is 11.5 Å². The van der Waals surface area contributed by atoms with Crippen molar-refractivity contribution < 1.29 is 36.6 Å². The van der Waals surface area contributed by atoms with E-state index >= 15 is 0 Å². The van der Waals surface area contributed by atoms with Crippen LogP contribution in [0.1, 0.15) is 21.5 Å². The molecule has 2 amide bonds. The molecule has 1 atom stereocenters. The molecule has 0 saturated heterocycles. The van der Waals surface area contributed by atoms with Crippen LogP contribution in [0.25, 0.3) is 0 Å². The number of rotatable bonds is 7. The second kappa shape index (κ2) is 9.68. The van der Waals surface area contributed by atoms with Crippen LogP contribution in [0.4, 0.5) is 23.4 Å². The van der Waals surface area contributed by atoms with E-state index in [1.807, 2.05) is 5.32 Å². The molecule has 1 aliphatic heterocycles. The molecule has 0 unspecified atom stereocenters. The minimum Gasteiger partial charge on any atom is -0.493 e. The standard InChI is InChI=1S/C24H20F4N4O6/c1-37-15-8-7-12(11-16(15)38-2)9-10-32-18-17(20(34)30-22(32)36)23(21(35)29-18,24(26,27)28)31-19(33)13-5-3-4-6-14(13)25/h3-8,11H,9-10H2,1-2H3,(H,29,35)(H,31,33)(H,30,34,36)/t23-/m0/s1. The zero-order valence-corrected chi connectivity index (χ0v) is 19.9. The lowest BCUT2D eigenvalue weighted by Gasteiger charge is -2.30. The molecule has 38 heavy (non-hydrogen) atoms. The van der Waals surface area contributed by atoms with Gasteiger partial charge in [-0.05, 0) is 36.2 Å². The zero-order valence-electron chi connectivity index (χ0n) is 19.9. The average molecular weight is 536 g/mol. The Morgan fingerprint density at radius 3 is 2.37 bits per heavy atom. The fourth-order valence-electron chi connectivity index (χ4n) is 4.20. The first-order chi connectivity index (χ1) is 17.9. The molecule has 3 aromatic rings. The minimum atomic E-state index is -5.55. The molecule has 0 fully saturated rings. The highest BCUT2D eigenvalue weighted by Gasteiger charge is 2.68. The fraction of sp³-hybridized carbons (Fsp3) is 0.250. The first-order valence-electron chi connectivity index (χ1n) is 11.0. The number of aromatic amines is 1. The molecule has 2 heterocycles. The van der Waals surface area contributed by atoms with Crippen LogP contribution >= 0.6 is 0 Å². The molecule has 0 aliphatic carbocycles. The molecule has 1 aliphatic rings. The second-order valence-corrected chi connectivity index (χ2v) is 8.21. The number of hydrogen-bond acceptors (Lipinski definition) is 6. The van der Waals surface area contributed by atoms with E-state index in [-0.39, 0.29) is 13.0 Å². The summed E-state index contributed by atoms with van der Waals surface area (Å²) in [4.78, 5) is 52.6. The smallest absolute Gasteiger partial charge is 0.425 e. The van der Waals surface area contributed by atoms with E-state index in [0.29, 0.717) is 17.1 Å². The van der Waals surface area contributed by atoms with Gasteiger partial charge in [0.2, 0.25) is 0 Å². The third-order valence-electron chi connectivity index (χ3n) is 6.06. The van der Waals surface area contributed by atoms with Crippen molar-refractivity contribution in [2.75, 3.05) is 19.5 Å². The topological polar surface area (TPSA) is 132 Å². The molecule has 200 valence electrons. The summed E-state index contributed by atoms with van der Waals surface area (Å²) in [6.45, 7) is -0.275. The van der Waals surface area contributed by atoms with Crippen molar-refractivity contribution in [3.8, 4) is 11.5 Å². The van der Waals surface area contributed by atoms with Crippen LogP contribution in [0, 0.1) is 5.82 Å². The molecule has 0 spiro atoms. The van der Waals surface area contributed by atoms with E-state index in [1.165, 1.54) is 31.7 Å². The Balaban J connectivity index is 1.80. The van der Waals surface area contributed by atoms with Gasteiger partial charge in [-0.3, -0.25) is 23.9 Å². The number of nitrogens with one attached hydrogen (secondary N) is 3. The van der Waals surface area contributed by atoms with Crippen LogP contribution in [-0.4, -0.2) is 41.8 Å². The lowest BCUT2D eigenvalue weighted by atomic mass is 9.91. The van der Waals surface area contributed by atoms with E-state index in [9.17, 15) is 36.7 Å². The summed E-state index contributed by atoms with van der Waals surface area (Å²) in [5.74, 6) is -4.52. The molecular formula is C24H20F4N4O6. The van der Waals surface area contributed by atoms with Crippen molar-refractivity contribution >= 4 is 17.6 Å². The highest BCUT2D eigenvalue weighted by atomic mass is 19.4. The first-order valence-corrected chi connectivity index (χ1v) is 11.0. The number of aromatic nitrogens is 2. The van der Waals surface area contributed by atoms with E-state index < -0.39 is 57.5 Å². The predicted octanol–water partition coefficient (Wildman–Crippen LogP) is 2.08. The minimum absolute atomic E-state index is 0.0647. The van der Waals surface area contributed by atoms with E-state index in [1.54, 1.807) is 23.2 Å². The Morgan fingerprint density at radius 1 is 1.05 bits per heavy atom. The van der Waals surface area contributed by atoms with Crippen LogP contribution in [-0.2, 0) is 23.3 Å². The highest BCUT2D eigenvalue weighted by molar-refractivity contribution is 6.09. The van der Waals surface area contributed by atoms with Gasteiger partial charge in [0.05, 0.1) is 19.8 Å². The van der Waals surface area contributed by atoms with Crippen molar-refractivity contribution in [3.05, 3.63) is 85.8 Å².